The fourth-order valence-electron chi connectivity index (χ4n) is 4.05. The largest absolute Gasteiger partial charge is 0.504 e. The molecule has 1 aliphatic rings. The number of phenolic OH excluding ortho intramolecular Hbond substituents is 2. The van der Waals surface area contributed by atoms with Crippen LogP contribution in [0.15, 0.2) is 48.5 Å². The van der Waals surface area contributed by atoms with Gasteiger partial charge >= 0.3 is 0 Å². The number of anilines is 1. The lowest BCUT2D eigenvalue weighted by atomic mass is 9.70. The number of rotatable bonds is 4. The van der Waals surface area contributed by atoms with Crippen LogP contribution in [0.25, 0.3) is 0 Å². The molecule has 3 aromatic rings. The first-order valence-corrected chi connectivity index (χ1v) is 9.58. The Kier molecular flexibility index (Phi) is 4.74. The number of aromatic hydroxyl groups is 2. The molecule has 0 radical (unpaired) electrons. The zero-order valence-electron chi connectivity index (χ0n) is 16.6. The second kappa shape index (κ2) is 7.15. The van der Waals surface area contributed by atoms with E-state index < -0.39 is 5.41 Å². The third-order valence-corrected chi connectivity index (χ3v) is 6.02. The minimum absolute atomic E-state index is 0.0365. The number of fused-ring (bicyclic) bond motifs is 1. The van der Waals surface area contributed by atoms with Gasteiger partial charge in [-0.25, -0.2) is 0 Å². The Morgan fingerprint density at radius 1 is 0.900 bits per heavy atom. The van der Waals surface area contributed by atoms with Gasteiger partial charge in [0.2, 0.25) is 5.91 Å². The highest BCUT2D eigenvalue weighted by Crippen LogP contribution is 2.51. The molecule has 1 heterocycles. The maximum atomic E-state index is 13.6. The number of methoxy groups -OCH3 is 2. The van der Waals surface area contributed by atoms with E-state index in [1.54, 1.807) is 36.4 Å². The quantitative estimate of drug-likeness (QED) is 0.578. The second-order valence-electron chi connectivity index (χ2n) is 7.07. The summed E-state index contributed by atoms with van der Waals surface area (Å²) in [4.78, 5) is 13.6. The van der Waals surface area contributed by atoms with Crippen LogP contribution in [0.5, 0.6) is 23.0 Å². The summed E-state index contributed by atoms with van der Waals surface area (Å²) in [6.45, 7) is 1.84. The molecular formula is C23H20ClNO5. The van der Waals surface area contributed by atoms with E-state index in [0.717, 1.165) is 5.56 Å². The average Bonchev–Trinajstić information content (AvgIpc) is 3.05. The maximum absolute atomic E-state index is 13.6. The smallest absolute Gasteiger partial charge is 0.244 e. The molecule has 0 aliphatic carbocycles. The maximum Gasteiger partial charge on any atom is 0.244 e. The lowest BCUT2D eigenvalue weighted by Gasteiger charge is -2.30. The van der Waals surface area contributed by atoms with E-state index in [-0.39, 0.29) is 28.9 Å². The monoisotopic (exact) mass is 425 g/mol. The van der Waals surface area contributed by atoms with Crippen molar-refractivity contribution in [3.63, 3.8) is 0 Å². The minimum Gasteiger partial charge on any atom is -0.504 e. The number of carbonyl (C=O) groups excluding carboxylic acids is 1. The van der Waals surface area contributed by atoms with E-state index in [1.807, 2.05) is 6.92 Å². The minimum atomic E-state index is -1.27. The Balaban J connectivity index is 2.11. The average molecular weight is 426 g/mol. The number of hydrogen-bond acceptors (Lipinski definition) is 5. The number of nitrogens with one attached hydrogen (secondary N) is 1. The number of halogens is 1. The van der Waals surface area contributed by atoms with Crippen LogP contribution in [-0.4, -0.2) is 30.3 Å². The van der Waals surface area contributed by atoms with Gasteiger partial charge in [0, 0.05) is 10.6 Å². The molecule has 0 fully saturated rings. The fourth-order valence-corrected chi connectivity index (χ4v) is 4.21. The van der Waals surface area contributed by atoms with Crippen LogP contribution in [0.4, 0.5) is 5.69 Å². The number of carbonyl (C=O) groups is 1. The molecule has 0 atom stereocenters. The third kappa shape index (κ3) is 2.68. The van der Waals surface area contributed by atoms with Gasteiger partial charge in [-0.3, -0.25) is 4.79 Å². The lowest BCUT2D eigenvalue weighted by Crippen LogP contribution is -2.37. The topological polar surface area (TPSA) is 88.0 Å². The Morgan fingerprint density at radius 3 is 1.93 bits per heavy atom. The van der Waals surface area contributed by atoms with Crippen molar-refractivity contribution in [2.24, 2.45) is 0 Å². The van der Waals surface area contributed by atoms with Crippen LogP contribution in [-0.2, 0) is 10.2 Å². The number of phenols is 2. The summed E-state index contributed by atoms with van der Waals surface area (Å²) in [5.74, 6) is 0.119. The van der Waals surface area contributed by atoms with Crippen molar-refractivity contribution < 1.29 is 24.5 Å². The molecule has 0 unspecified atom stereocenters. The summed E-state index contributed by atoms with van der Waals surface area (Å²) in [5.41, 5.74) is 1.99. The van der Waals surface area contributed by atoms with Crippen molar-refractivity contribution in [3.8, 4) is 23.0 Å². The van der Waals surface area contributed by atoms with E-state index in [4.69, 9.17) is 21.1 Å². The van der Waals surface area contributed by atoms with Crippen LogP contribution in [0.2, 0.25) is 5.02 Å². The molecule has 7 heteroatoms. The van der Waals surface area contributed by atoms with Gasteiger partial charge < -0.3 is 25.0 Å². The van der Waals surface area contributed by atoms with Crippen LogP contribution in [0, 0.1) is 6.92 Å². The summed E-state index contributed by atoms with van der Waals surface area (Å²) >= 11 is 6.30. The van der Waals surface area contributed by atoms with E-state index in [1.165, 1.54) is 26.4 Å². The lowest BCUT2D eigenvalue weighted by molar-refractivity contribution is -0.118. The molecule has 4 rings (SSSR count). The SMILES string of the molecule is COc1cc(C2(c3ccc(O)c(OC)c3)C(=O)Nc3c2ccc(Cl)c3C)ccc1O. The van der Waals surface area contributed by atoms with Gasteiger partial charge in [0.25, 0.3) is 0 Å². The molecule has 3 N–H and O–H groups in total. The highest BCUT2D eigenvalue weighted by atomic mass is 35.5. The molecule has 0 saturated carbocycles. The fraction of sp³-hybridized carbons (Fsp3) is 0.174. The summed E-state index contributed by atoms with van der Waals surface area (Å²) in [6, 6.07) is 13.1. The van der Waals surface area contributed by atoms with Gasteiger partial charge in [-0.2, -0.15) is 0 Å². The number of amides is 1. The summed E-state index contributed by atoms with van der Waals surface area (Å²) < 4.78 is 10.6. The Morgan fingerprint density at radius 2 is 1.43 bits per heavy atom. The first kappa shape index (κ1) is 19.9. The van der Waals surface area contributed by atoms with Gasteiger partial charge in [-0.15, -0.1) is 0 Å². The van der Waals surface area contributed by atoms with E-state index >= 15 is 0 Å². The van der Waals surface area contributed by atoms with E-state index in [2.05, 4.69) is 5.32 Å². The van der Waals surface area contributed by atoms with Crippen LogP contribution >= 0.6 is 11.6 Å². The standard InChI is InChI=1S/C23H20ClNO5/c1-12-16(24)7-6-15-21(12)25-22(28)23(15,13-4-8-17(26)19(10-13)29-2)14-5-9-18(27)20(11-14)30-3/h4-11,26-27H,1-3H3,(H,25,28). The molecule has 0 saturated heterocycles. The molecule has 0 aromatic heterocycles. The van der Waals surface area contributed by atoms with Crippen molar-refractivity contribution in [2.75, 3.05) is 19.5 Å². The van der Waals surface area contributed by atoms with Gasteiger partial charge in [0.05, 0.1) is 19.9 Å². The third-order valence-electron chi connectivity index (χ3n) is 5.61. The molecule has 30 heavy (non-hydrogen) atoms. The first-order chi connectivity index (χ1) is 14.3. The van der Waals surface area contributed by atoms with Crippen molar-refractivity contribution in [1.29, 1.82) is 0 Å². The van der Waals surface area contributed by atoms with Gasteiger partial charge in [-0.1, -0.05) is 29.8 Å². The highest BCUT2D eigenvalue weighted by molar-refractivity contribution is 6.32. The molecule has 0 spiro atoms. The van der Waals surface area contributed by atoms with Crippen molar-refractivity contribution in [1.82, 2.24) is 0 Å². The predicted octanol–water partition coefficient (Wildman–Crippen LogP) is 4.36. The zero-order chi connectivity index (χ0) is 21.6. The van der Waals surface area contributed by atoms with Crippen LogP contribution in [0.1, 0.15) is 22.3 Å². The summed E-state index contributed by atoms with van der Waals surface area (Å²) in [7, 11) is 2.89. The molecule has 3 aromatic carbocycles. The van der Waals surface area contributed by atoms with Gasteiger partial charge in [0.15, 0.2) is 23.0 Å². The van der Waals surface area contributed by atoms with Crippen molar-refractivity contribution >= 4 is 23.2 Å². The molecule has 1 amide bonds. The summed E-state index contributed by atoms with van der Waals surface area (Å²) in [6.07, 6.45) is 0. The van der Waals surface area contributed by atoms with Crippen molar-refractivity contribution in [2.45, 2.75) is 12.3 Å². The normalized spacial score (nSPS) is 14.2. The number of hydrogen-bond donors (Lipinski definition) is 3. The zero-order valence-corrected chi connectivity index (χ0v) is 17.4. The number of benzene rings is 3. The van der Waals surface area contributed by atoms with Crippen molar-refractivity contribution in [3.05, 3.63) is 75.8 Å². The van der Waals surface area contributed by atoms with E-state index in [0.29, 0.717) is 27.4 Å². The Labute approximate surface area is 178 Å². The predicted molar refractivity (Wildman–Crippen MR) is 114 cm³/mol. The Hall–Kier alpha value is -3.38. The molecule has 0 bridgehead atoms. The Bertz CT molecular complexity index is 1120. The van der Waals surface area contributed by atoms with Crippen LogP contribution in [0.3, 0.4) is 0 Å². The van der Waals surface area contributed by atoms with Crippen LogP contribution < -0.4 is 14.8 Å². The first-order valence-electron chi connectivity index (χ1n) is 9.20. The van der Waals surface area contributed by atoms with Gasteiger partial charge in [0.1, 0.15) is 5.41 Å². The summed E-state index contributed by atoms with van der Waals surface area (Å²) in [5, 5.41) is 23.7. The molecule has 1 aliphatic heterocycles. The molecule has 154 valence electrons. The molecule has 6 nitrogen and oxygen atoms in total. The second-order valence-corrected chi connectivity index (χ2v) is 7.48. The van der Waals surface area contributed by atoms with E-state index in [9.17, 15) is 15.0 Å². The highest BCUT2D eigenvalue weighted by Gasteiger charge is 2.51. The number of ether oxygens (including phenoxy) is 2. The molecular weight excluding hydrogens is 406 g/mol. The van der Waals surface area contributed by atoms with Gasteiger partial charge in [-0.05, 0) is 53.9 Å².